The van der Waals surface area contributed by atoms with Crippen molar-refractivity contribution in [2.45, 2.75) is 6.61 Å². The Balaban J connectivity index is 1.71. The van der Waals surface area contributed by atoms with Crippen molar-refractivity contribution < 1.29 is 22.3 Å². The van der Waals surface area contributed by atoms with Crippen molar-refractivity contribution in [2.75, 3.05) is 31.3 Å². The molecule has 1 heterocycles. The van der Waals surface area contributed by atoms with Gasteiger partial charge in [-0.2, -0.15) is 0 Å². The van der Waals surface area contributed by atoms with E-state index in [1.54, 1.807) is 0 Å². The molecule has 1 aromatic carbocycles. The zero-order valence-electron chi connectivity index (χ0n) is 11.6. The maximum absolute atomic E-state index is 12.1. The molecule has 0 N–H and O–H groups in total. The van der Waals surface area contributed by atoms with Gasteiger partial charge in [-0.15, -0.1) is 0 Å². The maximum atomic E-state index is 12.1. The molecule has 1 saturated heterocycles. The van der Waals surface area contributed by atoms with Crippen LogP contribution in [0.3, 0.4) is 0 Å². The van der Waals surface area contributed by atoms with E-state index >= 15 is 0 Å². The molecule has 0 bridgehead atoms. The molecule has 0 aliphatic carbocycles. The highest BCUT2D eigenvalue weighted by molar-refractivity contribution is 7.91. The third kappa shape index (κ3) is 4.70. The monoisotopic (exact) mass is 315 g/mol. The van der Waals surface area contributed by atoms with Gasteiger partial charge in [0.15, 0.2) is 9.84 Å². The second kappa shape index (κ2) is 6.89. The number of likely N-dealkylation sites (tertiary alicyclic amines) is 1. The van der Waals surface area contributed by atoms with Gasteiger partial charge in [0.1, 0.15) is 13.3 Å². The Morgan fingerprint density at radius 3 is 2.57 bits per heavy atom. The minimum Gasteiger partial charge on any atom is -0.445 e. The molecule has 2 rings (SSSR count). The van der Waals surface area contributed by atoms with Crippen LogP contribution >= 0.6 is 0 Å². The van der Waals surface area contributed by atoms with Crippen molar-refractivity contribution in [3.05, 3.63) is 35.9 Å². The lowest BCUT2D eigenvalue weighted by atomic mass is 10.0. The molecule has 21 heavy (non-hydrogen) atoms. The second-order valence-electron chi connectivity index (χ2n) is 5.11. The van der Waals surface area contributed by atoms with Gasteiger partial charge >= 0.3 is 6.09 Å². The molecular weight excluding hydrogens is 297 g/mol. The molecule has 1 fully saturated rings. The Bertz CT molecular complexity index is 570. The van der Waals surface area contributed by atoms with Crippen molar-refractivity contribution >= 4 is 15.9 Å². The summed E-state index contributed by atoms with van der Waals surface area (Å²) in [6, 6.07) is 9.31. The van der Waals surface area contributed by atoms with Crippen molar-refractivity contribution in [3.63, 3.8) is 0 Å². The second-order valence-corrected chi connectivity index (χ2v) is 7.34. The molecule has 0 spiro atoms. The fourth-order valence-electron chi connectivity index (χ4n) is 2.19. The Kier molecular flexibility index (Phi) is 5.17. The number of ether oxygens (including phenoxy) is 1. The molecule has 0 aromatic heterocycles. The van der Waals surface area contributed by atoms with Gasteiger partial charge in [-0.3, -0.25) is 0 Å². The Hall–Kier alpha value is -1.63. The van der Waals surface area contributed by atoms with E-state index in [9.17, 15) is 17.6 Å². The Morgan fingerprint density at radius 2 is 1.95 bits per heavy atom. The number of rotatable bonds is 6. The first-order chi connectivity index (χ1) is 10.00. The lowest BCUT2D eigenvalue weighted by Gasteiger charge is -2.38. The predicted molar refractivity (Wildman–Crippen MR) is 76.3 cm³/mol. The van der Waals surface area contributed by atoms with Crippen LogP contribution in [0.1, 0.15) is 5.56 Å². The first-order valence-corrected chi connectivity index (χ1v) is 8.54. The van der Waals surface area contributed by atoms with E-state index in [0.29, 0.717) is 13.1 Å². The summed E-state index contributed by atoms with van der Waals surface area (Å²) in [5, 5.41) is 0. The number of amides is 1. The third-order valence-electron chi connectivity index (χ3n) is 3.30. The fourth-order valence-corrected chi connectivity index (χ4v) is 3.53. The summed E-state index contributed by atoms with van der Waals surface area (Å²) in [4.78, 5) is 13.2. The van der Waals surface area contributed by atoms with Crippen LogP contribution in [0.5, 0.6) is 0 Å². The summed E-state index contributed by atoms with van der Waals surface area (Å²) in [5.41, 5.74) is 0.897. The molecule has 0 atom stereocenters. The van der Waals surface area contributed by atoms with Crippen LogP contribution in [0.25, 0.3) is 0 Å². The van der Waals surface area contributed by atoms with Crippen LogP contribution in [0, 0.1) is 5.92 Å². The minimum atomic E-state index is -3.35. The highest BCUT2D eigenvalue weighted by Crippen LogP contribution is 2.19. The largest absolute Gasteiger partial charge is 0.445 e. The van der Waals surface area contributed by atoms with Crippen molar-refractivity contribution in [2.24, 2.45) is 5.92 Å². The summed E-state index contributed by atoms with van der Waals surface area (Å²) in [6.07, 6.45) is -0.446. The highest BCUT2D eigenvalue weighted by atomic mass is 32.2. The predicted octanol–water partition coefficient (Wildman–Crippen LogP) is 1.64. The molecule has 1 aromatic rings. The first kappa shape index (κ1) is 15.8. The number of sulfone groups is 1. The van der Waals surface area contributed by atoms with E-state index in [2.05, 4.69) is 0 Å². The van der Waals surface area contributed by atoms with Gasteiger partial charge in [-0.1, -0.05) is 30.3 Å². The molecule has 5 nitrogen and oxygen atoms in total. The Labute approximate surface area is 123 Å². The lowest BCUT2D eigenvalue weighted by molar-refractivity contribution is 0.0549. The number of hydrogen-bond acceptors (Lipinski definition) is 4. The van der Waals surface area contributed by atoms with E-state index < -0.39 is 28.4 Å². The van der Waals surface area contributed by atoms with Crippen LogP contribution in [0.15, 0.2) is 30.3 Å². The smallest absolute Gasteiger partial charge is 0.410 e. The average Bonchev–Trinajstić information content (AvgIpc) is 2.41. The van der Waals surface area contributed by atoms with Crippen LogP contribution in [0.2, 0.25) is 0 Å². The number of carbonyl (C=O) groups excluding carboxylic acids is 1. The zero-order valence-corrected chi connectivity index (χ0v) is 12.4. The topological polar surface area (TPSA) is 63.7 Å². The average molecular weight is 315 g/mol. The Morgan fingerprint density at radius 1 is 1.29 bits per heavy atom. The van der Waals surface area contributed by atoms with Gasteiger partial charge in [0.25, 0.3) is 0 Å². The molecule has 1 amide bonds. The summed E-state index contributed by atoms with van der Waals surface area (Å²) in [5.74, 6) is -0.632. The van der Waals surface area contributed by atoms with Crippen LogP contribution in [0.4, 0.5) is 9.18 Å². The van der Waals surface area contributed by atoms with Gasteiger partial charge < -0.3 is 9.64 Å². The molecule has 0 unspecified atom stereocenters. The van der Waals surface area contributed by atoms with E-state index in [0.717, 1.165) is 5.56 Å². The van der Waals surface area contributed by atoms with Gasteiger partial charge in [0.2, 0.25) is 0 Å². The summed E-state index contributed by atoms with van der Waals surface area (Å²) in [6.45, 7) is 0.0250. The third-order valence-corrected chi connectivity index (χ3v) is 5.05. The van der Waals surface area contributed by atoms with E-state index in [1.807, 2.05) is 30.3 Å². The van der Waals surface area contributed by atoms with Crippen molar-refractivity contribution in [3.8, 4) is 0 Å². The lowest BCUT2D eigenvalue weighted by Crippen LogP contribution is -2.52. The van der Waals surface area contributed by atoms with Gasteiger partial charge in [0, 0.05) is 19.0 Å². The number of alkyl halides is 1. The van der Waals surface area contributed by atoms with E-state index in [4.69, 9.17) is 4.74 Å². The van der Waals surface area contributed by atoms with E-state index in [-0.39, 0.29) is 18.3 Å². The van der Waals surface area contributed by atoms with Crippen LogP contribution in [-0.4, -0.2) is 50.7 Å². The highest BCUT2D eigenvalue weighted by Gasteiger charge is 2.34. The number of hydrogen-bond donors (Lipinski definition) is 0. The molecule has 0 saturated carbocycles. The number of benzene rings is 1. The zero-order chi connectivity index (χ0) is 15.3. The van der Waals surface area contributed by atoms with E-state index in [1.165, 1.54) is 4.90 Å². The standard InChI is InChI=1S/C14H18FNO4S/c15-6-7-21(18,19)11-13-8-16(9-13)14(17)20-10-12-4-2-1-3-5-12/h1-5,13H,6-11H2. The fraction of sp³-hybridized carbons (Fsp3) is 0.500. The van der Waals surface area contributed by atoms with Gasteiger partial charge in [-0.25, -0.2) is 17.6 Å². The summed E-state index contributed by atoms with van der Waals surface area (Å²) in [7, 11) is -3.35. The van der Waals surface area contributed by atoms with Gasteiger partial charge in [-0.05, 0) is 5.56 Å². The number of carbonyl (C=O) groups is 1. The molecule has 7 heteroatoms. The first-order valence-electron chi connectivity index (χ1n) is 6.72. The van der Waals surface area contributed by atoms with Crippen LogP contribution in [-0.2, 0) is 21.2 Å². The van der Waals surface area contributed by atoms with Crippen LogP contribution < -0.4 is 0 Å². The maximum Gasteiger partial charge on any atom is 0.410 e. The normalized spacial score (nSPS) is 15.6. The molecule has 1 aliphatic rings. The molecular formula is C14H18FNO4S. The summed E-state index contributed by atoms with van der Waals surface area (Å²) < 4.78 is 40.1. The molecule has 0 radical (unpaired) electrons. The molecule has 116 valence electrons. The van der Waals surface area contributed by atoms with Gasteiger partial charge in [0.05, 0.1) is 11.5 Å². The summed E-state index contributed by atoms with van der Waals surface area (Å²) >= 11 is 0. The number of nitrogens with zero attached hydrogens (tertiary/aromatic N) is 1. The SMILES string of the molecule is O=C(OCc1ccccc1)N1CC(CS(=O)(=O)CCF)C1. The quantitative estimate of drug-likeness (QED) is 0.800. The van der Waals surface area contributed by atoms with Crippen molar-refractivity contribution in [1.82, 2.24) is 4.90 Å². The van der Waals surface area contributed by atoms with Crippen molar-refractivity contribution in [1.29, 1.82) is 0 Å². The number of halogens is 1. The molecule has 1 aliphatic heterocycles. The minimum absolute atomic E-state index is 0.0701.